The lowest BCUT2D eigenvalue weighted by Crippen LogP contribution is -2.49. The molecule has 8 heteroatoms. The van der Waals surface area contributed by atoms with Crippen molar-refractivity contribution in [3.63, 3.8) is 0 Å². The van der Waals surface area contributed by atoms with Gasteiger partial charge in [0.05, 0.1) is 17.2 Å². The van der Waals surface area contributed by atoms with Crippen LogP contribution in [0.25, 0.3) is 0 Å². The lowest BCUT2D eigenvalue weighted by atomic mass is 10.2. The number of thioether (sulfide) groups is 2. The van der Waals surface area contributed by atoms with Crippen molar-refractivity contribution in [1.82, 2.24) is 0 Å². The molecule has 2 heterocycles. The Hall–Kier alpha value is -2.71. The summed E-state index contributed by atoms with van der Waals surface area (Å²) in [6.45, 7) is 7.54. The first-order valence-electron chi connectivity index (χ1n) is 9.95. The molecule has 1 unspecified atom stereocenters. The Morgan fingerprint density at radius 1 is 1.03 bits per heavy atom. The first kappa shape index (κ1) is 21.5. The van der Waals surface area contributed by atoms with Crippen LogP contribution in [0.5, 0.6) is 0 Å². The number of hydrogen-bond acceptors (Lipinski definition) is 8. The van der Waals surface area contributed by atoms with Crippen LogP contribution in [-0.2, 0) is 14.3 Å². The van der Waals surface area contributed by atoms with Crippen LogP contribution in [-0.4, -0.2) is 27.7 Å². The van der Waals surface area contributed by atoms with Gasteiger partial charge in [-0.15, -0.1) is 0 Å². The molecule has 1 atom stereocenters. The average Bonchev–Trinajstić information content (AvgIpc) is 3.27. The molecule has 1 spiro atoms. The summed E-state index contributed by atoms with van der Waals surface area (Å²) in [5, 5.41) is 6.82. The molecule has 2 aliphatic rings. The monoisotopic (exact) mass is 453 g/mol. The highest BCUT2D eigenvalue weighted by Crippen LogP contribution is 2.60. The van der Waals surface area contributed by atoms with Crippen molar-refractivity contribution in [1.29, 1.82) is 0 Å². The summed E-state index contributed by atoms with van der Waals surface area (Å²) in [4.78, 5) is 28.0. The number of benzene rings is 2. The number of nitrogens with zero attached hydrogens (tertiary/aromatic N) is 3. The van der Waals surface area contributed by atoms with Crippen LogP contribution in [0.3, 0.4) is 0 Å². The zero-order chi connectivity index (χ0) is 22.2. The fourth-order valence-electron chi connectivity index (χ4n) is 3.66. The maximum atomic E-state index is 12.7. The van der Waals surface area contributed by atoms with Gasteiger partial charge in [0.25, 0.3) is 0 Å². The van der Waals surface area contributed by atoms with E-state index in [0.29, 0.717) is 4.91 Å². The number of ketones is 1. The van der Waals surface area contributed by atoms with Crippen molar-refractivity contribution in [2.75, 3.05) is 16.5 Å². The molecule has 0 saturated heterocycles. The maximum absolute atomic E-state index is 12.7. The molecule has 31 heavy (non-hydrogen) atoms. The first-order valence-corrected chi connectivity index (χ1v) is 11.6. The van der Waals surface area contributed by atoms with Crippen molar-refractivity contribution in [2.45, 2.75) is 32.0 Å². The second-order valence-corrected chi connectivity index (χ2v) is 9.72. The zero-order valence-corrected chi connectivity index (χ0v) is 19.4. The normalized spacial score (nSPS) is 20.5. The fourth-order valence-corrected chi connectivity index (χ4v) is 6.59. The van der Waals surface area contributed by atoms with Gasteiger partial charge in [-0.25, -0.2) is 9.80 Å². The highest BCUT2D eigenvalue weighted by Gasteiger charge is 2.58. The minimum absolute atomic E-state index is 0.0183. The Kier molecular flexibility index (Phi) is 5.85. The van der Waals surface area contributed by atoms with Crippen LogP contribution in [0, 0.1) is 6.92 Å². The van der Waals surface area contributed by atoms with Gasteiger partial charge < -0.3 is 9.64 Å². The molecule has 0 aliphatic carbocycles. The molecule has 0 saturated carbocycles. The Balaban J connectivity index is 1.91. The summed E-state index contributed by atoms with van der Waals surface area (Å²) in [6.07, 6.45) is 0. The zero-order valence-electron chi connectivity index (χ0n) is 17.8. The third-order valence-corrected chi connectivity index (χ3v) is 7.97. The van der Waals surface area contributed by atoms with Crippen LogP contribution >= 0.6 is 23.5 Å². The standard InChI is InChI=1S/C23H23N3O3S2/c1-5-29-22(28)21-24-26(19-14-10-9-11-15(19)2)23(31-21)25(18-12-7-6-8-13-18)16(3)20(30-23)17(4)27/h6-14H,5H2,1-4H3. The topological polar surface area (TPSA) is 62.2 Å². The average molecular weight is 454 g/mol. The number of ether oxygens (including phenoxy) is 1. The van der Waals surface area contributed by atoms with Gasteiger partial charge in [0, 0.05) is 11.4 Å². The minimum Gasteiger partial charge on any atom is -0.461 e. The Labute approximate surface area is 190 Å². The maximum Gasteiger partial charge on any atom is 0.365 e. The number of aryl methyl sites for hydroxylation is 1. The Bertz CT molecular complexity index is 1100. The summed E-state index contributed by atoms with van der Waals surface area (Å²) < 4.78 is 4.36. The number of allylic oxidation sites excluding steroid dienone is 2. The van der Waals surface area contributed by atoms with Gasteiger partial charge in [-0.3, -0.25) is 4.79 Å². The third-order valence-electron chi connectivity index (χ3n) is 5.00. The molecule has 2 aromatic carbocycles. The van der Waals surface area contributed by atoms with Gasteiger partial charge in [-0.1, -0.05) is 48.2 Å². The smallest absolute Gasteiger partial charge is 0.365 e. The van der Waals surface area contributed by atoms with Gasteiger partial charge in [0.2, 0.25) is 9.37 Å². The molecule has 2 aliphatic heterocycles. The summed E-state index contributed by atoms with van der Waals surface area (Å²) >= 11 is 2.72. The molecular weight excluding hydrogens is 430 g/mol. The van der Waals surface area contributed by atoms with Crippen molar-refractivity contribution in [2.24, 2.45) is 5.10 Å². The molecule has 0 N–H and O–H groups in total. The number of carbonyl (C=O) groups excluding carboxylic acids is 2. The molecule has 160 valence electrons. The number of Topliss-reactive ketones (excluding diaryl/α,β-unsaturated/α-hetero) is 1. The van der Waals surface area contributed by atoms with Crippen LogP contribution in [0.1, 0.15) is 26.3 Å². The van der Waals surface area contributed by atoms with Gasteiger partial charge in [0.15, 0.2) is 5.78 Å². The molecule has 6 nitrogen and oxygen atoms in total. The van der Waals surface area contributed by atoms with E-state index in [4.69, 9.17) is 9.84 Å². The molecule has 0 radical (unpaired) electrons. The second-order valence-electron chi connectivity index (χ2n) is 7.12. The van der Waals surface area contributed by atoms with E-state index >= 15 is 0 Å². The lowest BCUT2D eigenvalue weighted by Gasteiger charge is -2.41. The van der Waals surface area contributed by atoms with Crippen LogP contribution in [0.4, 0.5) is 11.4 Å². The van der Waals surface area contributed by atoms with Crippen molar-refractivity contribution < 1.29 is 14.3 Å². The second kappa shape index (κ2) is 8.43. The SMILES string of the molecule is CCOC(=O)C1=NN(c2ccccc2C)C2(S1)SC(C(C)=O)=C(C)N2c1ccccc1. The predicted molar refractivity (Wildman–Crippen MR) is 128 cm³/mol. The Morgan fingerprint density at radius 3 is 2.35 bits per heavy atom. The van der Waals surface area contributed by atoms with Crippen LogP contribution in [0.15, 0.2) is 70.3 Å². The van der Waals surface area contributed by atoms with Gasteiger partial charge in [-0.2, -0.15) is 5.10 Å². The third kappa shape index (κ3) is 3.64. The summed E-state index contributed by atoms with van der Waals surface area (Å²) in [5.41, 5.74) is 3.62. The summed E-state index contributed by atoms with van der Waals surface area (Å²) in [6, 6.07) is 17.7. The first-order chi connectivity index (χ1) is 14.9. The predicted octanol–water partition coefficient (Wildman–Crippen LogP) is 5.11. The number of para-hydroxylation sites is 2. The quantitative estimate of drug-likeness (QED) is 0.583. The summed E-state index contributed by atoms with van der Waals surface area (Å²) in [5.74, 6) is -0.485. The Morgan fingerprint density at radius 2 is 1.71 bits per heavy atom. The van der Waals surface area contributed by atoms with Gasteiger partial charge >= 0.3 is 5.97 Å². The highest BCUT2D eigenvalue weighted by atomic mass is 32.2. The largest absolute Gasteiger partial charge is 0.461 e. The van der Waals surface area contributed by atoms with Crippen molar-refractivity contribution in [3.05, 3.63) is 70.8 Å². The molecular formula is C23H23N3O3S2. The van der Waals surface area contributed by atoms with E-state index < -0.39 is 10.3 Å². The van der Waals surface area contributed by atoms with Gasteiger partial charge in [-0.05, 0) is 63.2 Å². The van der Waals surface area contributed by atoms with E-state index in [0.717, 1.165) is 22.6 Å². The van der Waals surface area contributed by atoms with E-state index in [-0.39, 0.29) is 17.4 Å². The van der Waals surface area contributed by atoms with E-state index in [1.807, 2.05) is 73.5 Å². The van der Waals surface area contributed by atoms with Crippen molar-refractivity contribution in [3.8, 4) is 0 Å². The number of esters is 1. The molecule has 0 amide bonds. The van der Waals surface area contributed by atoms with E-state index in [1.165, 1.54) is 23.5 Å². The molecule has 0 fully saturated rings. The summed E-state index contributed by atoms with van der Waals surface area (Å²) in [7, 11) is 0. The van der Waals surface area contributed by atoms with E-state index in [9.17, 15) is 9.59 Å². The van der Waals surface area contributed by atoms with E-state index in [1.54, 1.807) is 13.8 Å². The number of anilines is 2. The lowest BCUT2D eigenvalue weighted by molar-refractivity contribution is -0.134. The van der Waals surface area contributed by atoms with E-state index in [2.05, 4.69) is 4.90 Å². The fraction of sp³-hybridized carbons (Fsp3) is 0.261. The number of hydrazone groups is 1. The van der Waals surface area contributed by atoms with Crippen LogP contribution in [0.2, 0.25) is 0 Å². The molecule has 0 bridgehead atoms. The number of carbonyl (C=O) groups is 2. The number of rotatable bonds is 5. The highest BCUT2D eigenvalue weighted by molar-refractivity contribution is 8.29. The minimum atomic E-state index is -0.902. The van der Waals surface area contributed by atoms with Crippen molar-refractivity contribution >= 4 is 51.7 Å². The number of hydrogen-bond donors (Lipinski definition) is 0. The molecule has 0 aromatic heterocycles. The van der Waals surface area contributed by atoms with Crippen LogP contribution < -0.4 is 9.91 Å². The molecule has 4 rings (SSSR count). The molecule has 2 aromatic rings. The van der Waals surface area contributed by atoms with Gasteiger partial charge in [0.1, 0.15) is 0 Å².